The number of ether oxygens (including phenoxy) is 2. The molecule has 7 heteroatoms. The zero-order valence-corrected chi connectivity index (χ0v) is 17.3. The maximum absolute atomic E-state index is 13.0. The molecule has 6 nitrogen and oxygen atoms in total. The summed E-state index contributed by atoms with van der Waals surface area (Å²) in [6, 6.07) is 13.4. The Kier molecular flexibility index (Phi) is 6.40. The van der Waals surface area contributed by atoms with Gasteiger partial charge in [0.1, 0.15) is 17.3 Å². The van der Waals surface area contributed by atoms with E-state index in [0.29, 0.717) is 18.8 Å². The van der Waals surface area contributed by atoms with Crippen LogP contribution in [0, 0.1) is 5.82 Å². The maximum atomic E-state index is 13.0. The Morgan fingerprint density at radius 2 is 1.94 bits per heavy atom. The molecule has 2 heterocycles. The van der Waals surface area contributed by atoms with Crippen molar-refractivity contribution in [2.75, 3.05) is 26.8 Å². The first-order valence-electron chi connectivity index (χ1n) is 10.3. The van der Waals surface area contributed by atoms with Crippen LogP contribution in [0.3, 0.4) is 0 Å². The third kappa shape index (κ3) is 4.99. The van der Waals surface area contributed by atoms with Crippen molar-refractivity contribution in [3.63, 3.8) is 0 Å². The molecule has 3 aromatic rings. The van der Waals surface area contributed by atoms with Gasteiger partial charge in [-0.25, -0.2) is 4.39 Å². The smallest absolute Gasteiger partial charge is 0.260 e. The number of hydrogen-bond acceptors (Lipinski definition) is 5. The molecule has 4 rings (SSSR count). The van der Waals surface area contributed by atoms with E-state index in [1.54, 1.807) is 19.5 Å². The van der Waals surface area contributed by atoms with Gasteiger partial charge in [0.15, 0.2) is 6.61 Å². The second kappa shape index (κ2) is 9.55. The van der Waals surface area contributed by atoms with Crippen molar-refractivity contribution in [1.82, 2.24) is 14.9 Å². The van der Waals surface area contributed by atoms with Crippen LogP contribution < -0.4 is 9.47 Å². The van der Waals surface area contributed by atoms with Gasteiger partial charge < -0.3 is 14.4 Å². The largest absolute Gasteiger partial charge is 0.497 e. The van der Waals surface area contributed by atoms with E-state index in [2.05, 4.69) is 9.97 Å². The topological polar surface area (TPSA) is 64.6 Å². The normalized spacial score (nSPS) is 16.1. The van der Waals surface area contributed by atoms with E-state index >= 15 is 0 Å². The highest BCUT2D eigenvalue weighted by atomic mass is 19.1. The summed E-state index contributed by atoms with van der Waals surface area (Å²) in [4.78, 5) is 23.7. The Morgan fingerprint density at radius 3 is 2.74 bits per heavy atom. The van der Waals surface area contributed by atoms with Crippen LogP contribution in [0.1, 0.15) is 24.5 Å². The van der Waals surface area contributed by atoms with Gasteiger partial charge in [0.2, 0.25) is 0 Å². The van der Waals surface area contributed by atoms with Crippen LogP contribution in [0.5, 0.6) is 11.5 Å². The number of likely N-dealkylation sites (tertiary alicyclic amines) is 1. The molecule has 1 fully saturated rings. The molecule has 1 aliphatic rings. The van der Waals surface area contributed by atoms with Gasteiger partial charge in [0.25, 0.3) is 5.91 Å². The molecular formula is C24H24FN3O3. The number of amides is 1. The highest BCUT2D eigenvalue weighted by molar-refractivity contribution is 5.78. The zero-order chi connectivity index (χ0) is 21.6. The fourth-order valence-corrected chi connectivity index (χ4v) is 3.83. The van der Waals surface area contributed by atoms with E-state index in [1.807, 2.05) is 29.2 Å². The summed E-state index contributed by atoms with van der Waals surface area (Å²) >= 11 is 0. The second-order valence-corrected chi connectivity index (χ2v) is 7.44. The molecule has 0 aliphatic carbocycles. The van der Waals surface area contributed by atoms with E-state index in [9.17, 15) is 9.18 Å². The molecular weight excluding hydrogens is 397 g/mol. The number of halogens is 1. The highest BCUT2D eigenvalue weighted by Crippen LogP contribution is 2.33. The van der Waals surface area contributed by atoms with Gasteiger partial charge in [0.05, 0.1) is 18.5 Å². The SMILES string of the molecule is COc1cccc(-c2nccnc2[C@@H]2CCCN(C(=O)COc3ccc(F)cc3)C2)c1. The van der Waals surface area contributed by atoms with Crippen LogP contribution in [0.2, 0.25) is 0 Å². The minimum atomic E-state index is -0.339. The van der Waals surface area contributed by atoms with Crippen LogP contribution in [0.4, 0.5) is 4.39 Å². The average Bonchev–Trinajstić information content (AvgIpc) is 2.83. The van der Waals surface area contributed by atoms with Crippen LogP contribution in [0.15, 0.2) is 60.9 Å². The Bertz CT molecular complexity index is 1040. The van der Waals surface area contributed by atoms with Gasteiger partial charge >= 0.3 is 0 Å². The first kappa shape index (κ1) is 20.8. The number of benzene rings is 2. The first-order chi connectivity index (χ1) is 15.1. The monoisotopic (exact) mass is 421 g/mol. The van der Waals surface area contributed by atoms with E-state index in [1.165, 1.54) is 24.3 Å². The van der Waals surface area contributed by atoms with Gasteiger partial charge in [-0.1, -0.05) is 12.1 Å². The van der Waals surface area contributed by atoms with Gasteiger partial charge in [-0.05, 0) is 49.2 Å². The minimum Gasteiger partial charge on any atom is -0.497 e. The lowest BCUT2D eigenvalue weighted by Crippen LogP contribution is -2.41. The molecule has 0 saturated carbocycles. The molecule has 0 N–H and O–H groups in total. The third-order valence-electron chi connectivity index (χ3n) is 5.41. The fourth-order valence-electron chi connectivity index (χ4n) is 3.83. The average molecular weight is 421 g/mol. The van der Waals surface area contributed by atoms with E-state index in [0.717, 1.165) is 35.5 Å². The molecule has 0 bridgehead atoms. The highest BCUT2D eigenvalue weighted by Gasteiger charge is 2.28. The lowest BCUT2D eigenvalue weighted by molar-refractivity contribution is -0.134. The molecule has 160 valence electrons. The molecule has 1 aliphatic heterocycles. The molecule has 2 aromatic carbocycles. The van der Waals surface area contributed by atoms with Crippen LogP contribution >= 0.6 is 0 Å². The Labute approximate surface area is 180 Å². The predicted octanol–water partition coefficient (Wildman–Crippen LogP) is 4.08. The third-order valence-corrected chi connectivity index (χ3v) is 5.41. The molecule has 0 unspecified atom stereocenters. The van der Waals surface area contributed by atoms with Crippen LogP contribution in [-0.4, -0.2) is 47.6 Å². The molecule has 1 amide bonds. The molecule has 1 atom stereocenters. The van der Waals surface area contributed by atoms with Gasteiger partial charge in [-0.3, -0.25) is 14.8 Å². The van der Waals surface area contributed by atoms with Crippen molar-refractivity contribution in [1.29, 1.82) is 0 Å². The van der Waals surface area contributed by atoms with E-state index in [4.69, 9.17) is 9.47 Å². The van der Waals surface area contributed by atoms with Crippen molar-refractivity contribution in [2.45, 2.75) is 18.8 Å². The summed E-state index contributed by atoms with van der Waals surface area (Å²) in [5, 5.41) is 0. The molecule has 0 spiro atoms. The molecule has 1 saturated heterocycles. The fraction of sp³-hybridized carbons (Fsp3) is 0.292. The quantitative estimate of drug-likeness (QED) is 0.600. The summed E-state index contributed by atoms with van der Waals surface area (Å²) in [5.41, 5.74) is 2.63. The van der Waals surface area contributed by atoms with Crippen molar-refractivity contribution in [2.24, 2.45) is 0 Å². The van der Waals surface area contributed by atoms with Crippen molar-refractivity contribution >= 4 is 5.91 Å². The molecule has 0 radical (unpaired) electrons. The van der Waals surface area contributed by atoms with Crippen molar-refractivity contribution in [3.8, 4) is 22.8 Å². The number of carbonyl (C=O) groups is 1. The van der Waals surface area contributed by atoms with Gasteiger partial charge in [-0.2, -0.15) is 0 Å². The number of methoxy groups -OCH3 is 1. The molecule has 1 aromatic heterocycles. The predicted molar refractivity (Wildman–Crippen MR) is 114 cm³/mol. The Hall–Kier alpha value is -3.48. The lowest BCUT2D eigenvalue weighted by atomic mass is 9.91. The first-order valence-corrected chi connectivity index (χ1v) is 10.3. The van der Waals surface area contributed by atoms with Crippen LogP contribution in [0.25, 0.3) is 11.3 Å². The number of rotatable bonds is 6. The summed E-state index contributed by atoms with van der Waals surface area (Å²) in [6.07, 6.45) is 5.18. The summed E-state index contributed by atoms with van der Waals surface area (Å²) < 4.78 is 23.9. The van der Waals surface area contributed by atoms with Gasteiger partial charge in [-0.15, -0.1) is 0 Å². The van der Waals surface area contributed by atoms with E-state index in [-0.39, 0.29) is 24.2 Å². The van der Waals surface area contributed by atoms with E-state index < -0.39 is 0 Å². The molecule has 31 heavy (non-hydrogen) atoms. The summed E-state index contributed by atoms with van der Waals surface area (Å²) in [7, 11) is 1.63. The second-order valence-electron chi connectivity index (χ2n) is 7.44. The summed E-state index contributed by atoms with van der Waals surface area (Å²) in [6.45, 7) is 1.15. The van der Waals surface area contributed by atoms with Crippen molar-refractivity contribution < 1.29 is 18.7 Å². The zero-order valence-electron chi connectivity index (χ0n) is 17.3. The number of aromatic nitrogens is 2. The lowest BCUT2D eigenvalue weighted by Gasteiger charge is -2.33. The van der Waals surface area contributed by atoms with Crippen LogP contribution in [-0.2, 0) is 4.79 Å². The standard InChI is InChI=1S/C24H24FN3O3/c1-30-21-6-2-4-17(14-21)23-24(27-12-11-26-23)18-5-3-13-28(15-18)22(29)16-31-20-9-7-19(25)8-10-20/h2,4,6-12,14,18H,3,5,13,15-16H2,1H3/t18-/m1/s1. The Morgan fingerprint density at radius 1 is 1.13 bits per heavy atom. The van der Waals surface area contributed by atoms with Gasteiger partial charge in [0, 0.05) is 37.0 Å². The number of piperidine rings is 1. The van der Waals surface area contributed by atoms with Crippen molar-refractivity contribution in [3.05, 3.63) is 72.4 Å². The number of hydrogen-bond donors (Lipinski definition) is 0. The maximum Gasteiger partial charge on any atom is 0.260 e. The summed E-state index contributed by atoms with van der Waals surface area (Å²) in [5.74, 6) is 0.873. The number of nitrogens with zero attached hydrogens (tertiary/aromatic N) is 3. The Balaban J connectivity index is 1.47. The number of carbonyl (C=O) groups excluding carboxylic acids is 1. The minimum absolute atomic E-state index is 0.0818.